The number of rotatable bonds is 40. The summed E-state index contributed by atoms with van der Waals surface area (Å²) in [5.74, 6) is -11.5. The van der Waals surface area contributed by atoms with E-state index in [2.05, 4.69) is 95.7 Å². The van der Waals surface area contributed by atoms with Gasteiger partial charge in [-0.2, -0.15) is 0 Å². The lowest BCUT2D eigenvalue weighted by atomic mass is 9.93. The first-order chi connectivity index (χ1) is 57.3. The Morgan fingerprint density at radius 1 is 0.367 bits per heavy atom. The Morgan fingerprint density at radius 3 is 1.18 bits per heavy atom. The summed E-state index contributed by atoms with van der Waals surface area (Å²) in [5.41, 5.74) is 6.95. The number of hydrogen-bond acceptors (Lipinski definition) is 21. The third-order valence-corrected chi connectivity index (χ3v) is 25.3. The average Bonchev–Trinajstić information content (AvgIpc) is 1.69. The van der Waals surface area contributed by atoms with Crippen LogP contribution in [0.4, 0.5) is 0 Å². The largest absolute Gasteiger partial charge is 0.508 e. The second-order valence-corrected chi connectivity index (χ2v) is 35.9. The lowest BCUT2D eigenvalue weighted by Crippen LogP contribution is -2.54. The molecule has 3 saturated carbocycles. The molecule has 21 atom stereocenters. The van der Waals surface area contributed by atoms with Gasteiger partial charge in [-0.25, -0.2) is 0 Å². The number of primary amides is 1. The molecule has 0 aromatic heterocycles. The summed E-state index contributed by atoms with van der Waals surface area (Å²) in [4.78, 5) is 193. The van der Waals surface area contributed by atoms with Crippen LogP contribution in [0.5, 0.6) is 11.5 Å². The van der Waals surface area contributed by atoms with E-state index >= 15 is 0 Å². The highest BCUT2D eigenvalue weighted by Gasteiger charge is 2.46. The number of nitrogens with one attached hydrogen (secondary N) is 18. The zero-order valence-corrected chi connectivity index (χ0v) is 70.5. The van der Waals surface area contributed by atoms with E-state index in [1.807, 2.05) is 41.5 Å². The number of carbonyl (C=O) groups excluding carboxylic acids is 14. The van der Waals surface area contributed by atoms with Crippen molar-refractivity contribution >= 4 is 82.7 Å². The molecule has 10 rings (SSSR count). The van der Waals surface area contributed by atoms with Crippen LogP contribution in [-0.2, 0) is 80.0 Å². The van der Waals surface area contributed by atoms with E-state index < -0.39 is 143 Å². The molecule has 16 unspecified atom stereocenters. The highest BCUT2D eigenvalue weighted by molar-refractivity contribution is 5.90. The average molecular weight is 1680 g/mol. The molecule has 5 aliphatic heterocycles. The van der Waals surface area contributed by atoms with E-state index in [1.165, 1.54) is 31.2 Å². The summed E-state index contributed by atoms with van der Waals surface area (Å²) < 4.78 is 0. The molecule has 120 heavy (non-hydrogen) atoms. The van der Waals surface area contributed by atoms with Gasteiger partial charge in [-0.3, -0.25) is 67.1 Å². The van der Waals surface area contributed by atoms with Gasteiger partial charge in [0, 0.05) is 141 Å². The Hall–Kier alpha value is -9.58. The van der Waals surface area contributed by atoms with E-state index in [0.717, 1.165) is 6.42 Å². The summed E-state index contributed by atoms with van der Waals surface area (Å²) >= 11 is 0. The van der Waals surface area contributed by atoms with Crippen molar-refractivity contribution in [3.05, 3.63) is 59.7 Å². The van der Waals surface area contributed by atoms with Crippen LogP contribution in [0, 0.1) is 76.9 Å². The van der Waals surface area contributed by atoms with Gasteiger partial charge < -0.3 is 112 Å². The number of nitrogens with two attached hydrogens (primary N) is 1. The SMILES string of the molecule is CC(=O)NC1CCCC1C(=O)N[C@H](CC(=O)NC1CCCC1C(=O)NC[C@@H](CC(C)C)C(=O)NC1CNCC1C(=O)NC1CNCC1C(=O)N[C@H](CC(=O)NC1CCCC1C(=O)NC[C@H](Cc1ccc(O)cc1)C(=O)NC1CNCC1C(=O)NC1CNCC1C(=O)N[C@H](CC(=O)NC1CNCC1C(N)=O)C(C)C)Cc1ccc(O)cc1)CC(C)C. The number of hydrogen-bond donors (Lipinski definition) is 21. The molecule has 3 aliphatic carbocycles. The summed E-state index contributed by atoms with van der Waals surface area (Å²) in [6, 6.07) is 6.47. The van der Waals surface area contributed by atoms with Crippen LogP contribution in [-0.4, -0.2) is 238 Å². The van der Waals surface area contributed by atoms with Crippen LogP contribution in [0.15, 0.2) is 48.5 Å². The third-order valence-electron chi connectivity index (χ3n) is 25.3. The molecule has 2 aromatic rings. The fourth-order valence-electron chi connectivity index (χ4n) is 18.7. The first-order valence-corrected chi connectivity index (χ1v) is 43.5. The Kier molecular flexibility index (Phi) is 34.2. The first-order valence-electron chi connectivity index (χ1n) is 43.5. The lowest BCUT2D eigenvalue weighted by Gasteiger charge is -2.28. The van der Waals surface area contributed by atoms with Crippen LogP contribution < -0.4 is 101 Å². The molecule has 22 N–H and O–H groups in total. The molecule has 35 heteroatoms. The summed E-state index contributed by atoms with van der Waals surface area (Å²) in [5, 5.41) is 75.7. The monoisotopic (exact) mass is 1670 g/mol. The molecule has 0 spiro atoms. The standard InChI is InChI=1S/C85H131N19O16/c1-44(2)25-50(32-92-79(114)56-11-8-15-65(56)97-73(108)29-52(26-45(3)4)95-81(116)58-13-10-14-64(58)94-47(7)105)77(112)101-69-40-89-36-61(69)84(119)103-71-42-88-35-60(71)82(117)96-53(28-49-19-23-55(107)24-20-49)30-74(109)98-66-16-9-12-57(66)80(115)93-33-51(27-48-17-21-54(106)22-18-48)78(113)102-70-41-90-37-62(70)85(120)104-72-43-91-38-63(72)83(118)100-67(46(5)6)31-75(110)99-68-39-87-34-59(68)76(86)111/h17-24,44-46,50-53,56-72,87-91,106-107H,8-16,25-43H2,1-7H3,(H2,86,111)(H,92,114)(H,93,115)(H,94,105)(H,95,116)(H,96,117)(H,97,108)(H,98,109)(H,99,110)(H,100,118)(H,101,112)(H,102,113)(H,103,119)(H,104,120)/t50-,51+,52+,53+,56?,57?,58?,59?,60?,61?,62?,63?,64?,65?,66?,67-,68?,69?,70?,71?,72?/m1/s1. The van der Waals surface area contributed by atoms with E-state index in [-0.39, 0.29) is 192 Å². The quantitative estimate of drug-likeness (QED) is 0.0331. The molecule has 8 aliphatic rings. The molecular formula is C85H131N19O16. The first kappa shape index (κ1) is 92.7. The van der Waals surface area contributed by atoms with Crippen molar-refractivity contribution in [1.29, 1.82) is 0 Å². The minimum atomic E-state index is -0.873. The summed E-state index contributed by atoms with van der Waals surface area (Å²) in [7, 11) is 0. The van der Waals surface area contributed by atoms with Crippen LogP contribution in [0.25, 0.3) is 0 Å². The maximum absolute atomic E-state index is 14.6. The van der Waals surface area contributed by atoms with Crippen LogP contribution in [0.3, 0.4) is 0 Å². The molecule has 0 bridgehead atoms. The molecule has 5 heterocycles. The highest BCUT2D eigenvalue weighted by atomic mass is 16.3. The minimum Gasteiger partial charge on any atom is -0.508 e. The maximum Gasteiger partial charge on any atom is 0.226 e. The van der Waals surface area contributed by atoms with Gasteiger partial charge in [0.15, 0.2) is 0 Å². The third kappa shape index (κ3) is 26.7. The van der Waals surface area contributed by atoms with Crippen molar-refractivity contribution in [3.8, 4) is 11.5 Å². The predicted octanol–water partition coefficient (Wildman–Crippen LogP) is -2.40. The van der Waals surface area contributed by atoms with Crippen LogP contribution in [0.1, 0.15) is 149 Å². The van der Waals surface area contributed by atoms with Gasteiger partial charge in [-0.1, -0.05) is 85.1 Å². The van der Waals surface area contributed by atoms with Crippen molar-refractivity contribution in [1.82, 2.24) is 95.7 Å². The highest BCUT2D eigenvalue weighted by Crippen LogP contribution is 2.31. The number of amides is 14. The predicted molar refractivity (Wildman–Crippen MR) is 444 cm³/mol. The molecular weight excluding hydrogens is 1540 g/mol. The molecule has 14 amide bonds. The van der Waals surface area contributed by atoms with Gasteiger partial charge in [0.05, 0.1) is 89.4 Å². The Bertz CT molecular complexity index is 3910. The van der Waals surface area contributed by atoms with E-state index in [9.17, 15) is 77.3 Å². The second-order valence-electron chi connectivity index (χ2n) is 35.9. The number of phenols is 2. The number of carbonyl (C=O) groups is 14. The molecule has 5 saturated heterocycles. The minimum absolute atomic E-state index is 0.0176. The second kappa shape index (κ2) is 44.3. The zero-order chi connectivity index (χ0) is 86.4. The Balaban J connectivity index is 0.699. The van der Waals surface area contributed by atoms with Crippen molar-refractivity contribution in [2.24, 2.45) is 82.7 Å². The van der Waals surface area contributed by atoms with Crippen LogP contribution in [0.2, 0.25) is 0 Å². The van der Waals surface area contributed by atoms with Gasteiger partial charge in [0.25, 0.3) is 0 Å². The Morgan fingerprint density at radius 2 is 0.725 bits per heavy atom. The number of phenolic OH excluding ortho intramolecular Hbond substituents is 2. The van der Waals surface area contributed by atoms with E-state index in [4.69, 9.17) is 5.73 Å². The van der Waals surface area contributed by atoms with E-state index in [0.29, 0.717) is 88.4 Å². The molecule has 662 valence electrons. The Labute approximate surface area is 702 Å². The fraction of sp³-hybridized carbons (Fsp3) is 0.694. The lowest BCUT2D eigenvalue weighted by molar-refractivity contribution is -0.132. The summed E-state index contributed by atoms with van der Waals surface area (Å²) in [6.07, 6.45) is 6.52. The van der Waals surface area contributed by atoms with Crippen molar-refractivity contribution in [2.45, 2.75) is 218 Å². The van der Waals surface area contributed by atoms with Crippen molar-refractivity contribution in [3.63, 3.8) is 0 Å². The summed E-state index contributed by atoms with van der Waals surface area (Å²) in [6.45, 7) is 15.8. The van der Waals surface area contributed by atoms with Crippen molar-refractivity contribution < 1.29 is 77.3 Å². The molecule has 35 nitrogen and oxygen atoms in total. The number of benzene rings is 2. The maximum atomic E-state index is 14.6. The van der Waals surface area contributed by atoms with Gasteiger partial charge in [0.1, 0.15) is 11.5 Å². The zero-order valence-electron chi connectivity index (χ0n) is 70.5. The van der Waals surface area contributed by atoms with E-state index in [1.54, 1.807) is 24.3 Å². The van der Waals surface area contributed by atoms with Gasteiger partial charge >= 0.3 is 0 Å². The smallest absolute Gasteiger partial charge is 0.226 e. The molecule has 8 fully saturated rings. The van der Waals surface area contributed by atoms with Gasteiger partial charge in [0.2, 0.25) is 82.7 Å². The number of aromatic hydroxyl groups is 2. The van der Waals surface area contributed by atoms with Crippen molar-refractivity contribution in [2.75, 3.05) is 78.5 Å². The fourth-order valence-corrected chi connectivity index (χ4v) is 18.7. The topological polar surface area (TPSA) is 522 Å². The van der Waals surface area contributed by atoms with Crippen LogP contribution >= 0.6 is 0 Å². The molecule has 0 radical (unpaired) electrons. The van der Waals surface area contributed by atoms with Gasteiger partial charge in [-0.15, -0.1) is 0 Å². The van der Waals surface area contributed by atoms with Gasteiger partial charge in [-0.05, 0) is 117 Å². The molecule has 2 aromatic carbocycles. The normalized spacial score (nSPS) is 27.6.